The number of carbonyl (C=O) groups is 2. The molecule has 6 nitrogen and oxygen atoms in total. The highest BCUT2D eigenvalue weighted by molar-refractivity contribution is 8.00. The molecule has 3 aliphatic rings. The number of ether oxygens (including phenoxy) is 1. The number of aliphatic carboxylic acids is 1. The zero-order valence-electron chi connectivity index (χ0n) is 12.2. The second-order valence-corrected chi connectivity index (χ2v) is 7.32. The fraction of sp³-hybridized carbons (Fsp3) is 0.857. The smallest absolute Gasteiger partial charge is 0.327 e. The molecular formula is C14H22N2O4S. The lowest BCUT2D eigenvalue weighted by Gasteiger charge is -2.32. The quantitative estimate of drug-likeness (QED) is 0.825. The molecule has 4 atom stereocenters. The van der Waals surface area contributed by atoms with E-state index in [9.17, 15) is 14.7 Å². The molecule has 1 aliphatic carbocycles. The number of nitrogens with one attached hydrogen (secondary N) is 1. The molecule has 2 N–H and O–H groups in total. The van der Waals surface area contributed by atoms with Gasteiger partial charge in [-0.1, -0.05) is 0 Å². The molecule has 21 heavy (non-hydrogen) atoms. The molecule has 118 valence electrons. The molecule has 2 heterocycles. The number of carboxylic acid groups (broad SMARTS) is 1. The molecule has 3 fully saturated rings. The van der Waals surface area contributed by atoms with E-state index >= 15 is 0 Å². The molecule has 0 bridgehead atoms. The highest BCUT2D eigenvalue weighted by Gasteiger charge is 2.48. The second kappa shape index (κ2) is 6.04. The summed E-state index contributed by atoms with van der Waals surface area (Å²) < 4.78 is 5.48. The van der Waals surface area contributed by atoms with Crippen molar-refractivity contribution in [2.75, 3.05) is 12.4 Å². The van der Waals surface area contributed by atoms with E-state index in [0.29, 0.717) is 18.3 Å². The van der Waals surface area contributed by atoms with Crippen LogP contribution in [0.5, 0.6) is 0 Å². The van der Waals surface area contributed by atoms with E-state index in [1.54, 1.807) is 16.7 Å². The number of urea groups is 1. The lowest BCUT2D eigenvalue weighted by Crippen LogP contribution is -2.54. The molecule has 0 aromatic carbocycles. The van der Waals surface area contributed by atoms with Crippen molar-refractivity contribution in [2.45, 2.75) is 56.2 Å². The predicted octanol–water partition coefficient (Wildman–Crippen LogP) is 1.50. The number of amides is 2. The third-order valence-electron chi connectivity index (χ3n) is 4.39. The van der Waals surface area contributed by atoms with E-state index in [4.69, 9.17) is 4.74 Å². The maximum atomic E-state index is 12.6. The van der Waals surface area contributed by atoms with E-state index in [1.165, 1.54) is 0 Å². The van der Waals surface area contributed by atoms with Gasteiger partial charge in [0.1, 0.15) is 6.04 Å². The summed E-state index contributed by atoms with van der Waals surface area (Å²) in [7, 11) is 0. The maximum absolute atomic E-state index is 12.6. The summed E-state index contributed by atoms with van der Waals surface area (Å²) >= 11 is 1.61. The first-order valence-electron chi connectivity index (χ1n) is 7.61. The summed E-state index contributed by atoms with van der Waals surface area (Å²) in [6.07, 6.45) is 3.93. The number of nitrogens with zero attached hydrogens (tertiary/aromatic N) is 1. The van der Waals surface area contributed by atoms with Gasteiger partial charge in [-0.05, 0) is 38.5 Å². The molecule has 2 aliphatic heterocycles. The number of carboxylic acids is 1. The molecular weight excluding hydrogens is 292 g/mol. The van der Waals surface area contributed by atoms with Crippen LogP contribution in [0.3, 0.4) is 0 Å². The Hall–Kier alpha value is -0.950. The molecule has 7 heteroatoms. The minimum Gasteiger partial charge on any atom is -0.480 e. The first-order valence-corrected chi connectivity index (χ1v) is 8.66. The Morgan fingerprint density at radius 1 is 1.33 bits per heavy atom. The monoisotopic (exact) mass is 314 g/mol. The minimum absolute atomic E-state index is 0.0309. The van der Waals surface area contributed by atoms with Gasteiger partial charge in [-0.25, -0.2) is 9.59 Å². The molecule has 0 radical (unpaired) electrons. The van der Waals surface area contributed by atoms with Crippen molar-refractivity contribution in [1.82, 2.24) is 10.2 Å². The van der Waals surface area contributed by atoms with Crippen molar-refractivity contribution in [3.05, 3.63) is 0 Å². The van der Waals surface area contributed by atoms with Gasteiger partial charge < -0.3 is 15.2 Å². The van der Waals surface area contributed by atoms with Gasteiger partial charge in [-0.15, -0.1) is 11.8 Å². The molecule has 2 saturated heterocycles. The Bertz CT molecular complexity index is 429. The van der Waals surface area contributed by atoms with Crippen LogP contribution in [0.25, 0.3) is 0 Å². The first kappa shape index (κ1) is 15.0. The van der Waals surface area contributed by atoms with E-state index in [2.05, 4.69) is 5.32 Å². The zero-order valence-corrected chi connectivity index (χ0v) is 13.0. The molecule has 2 amide bonds. The van der Waals surface area contributed by atoms with Crippen molar-refractivity contribution in [1.29, 1.82) is 0 Å². The summed E-state index contributed by atoms with van der Waals surface area (Å²) in [5, 5.41) is 12.4. The largest absolute Gasteiger partial charge is 0.480 e. The average molecular weight is 314 g/mol. The van der Waals surface area contributed by atoms with Gasteiger partial charge in [-0.3, -0.25) is 4.90 Å². The predicted molar refractivity (Wildman–Crippen MR) is 79.2 cm³/mol. The van der Waals surface area contributed by atoms with Gasteiger partial charge in [0.2, 0.25) is 0 Å². The number of hydrogen-bond acceptors (Lipinski definition) is 4. The Kier molecular flexibility index (Phi) is 4.31. The highest BCUT2D eigenvalue weighted by Crippen LogP contribution is 2.45. The van der Waals surface area contributed by atoms with Crippen molar-refractivity contribution in [3.63, 3.8) is 0 Å². The molecule has 4 unspecified atom stereocenters. The van der Waals surface area contributed by atoms with Crippen LogP contribution in [-0.2, 0) is 9.53 Å². The first-order chi connectivity index (χ1) is 10.1. The van der Waals surface area contributed by atoms with Crippen LogP contribution in [0.2, 0.25) is 0 Å². The Morgan fingerprint density at radius 3 is 2.71 bits per heavy atom. The SMILES string of the molecule is CC1CC(NC(=O)N2C(C(=O)O)CSC2C2CC2)CCO1. The average Bonchev–Trinajstić information content (AvgIpc) is 3.16. The summed E-state index contributed by atoms with van der Waals surface area (Å²) in [6.45, 7) is 2.65. The molecule has 1 saturated carbocycles. The third-order valence-corrected chi connectivity index (χ3v) is 5.85. The van der Waals surface area contributed by atoms with E-state index in [1.807, 2.05) is 6.92 Å². The number of carbonyl (C=O) groups excluding carboxylic acids is 1. The normalized spacial score (nSPS) is 36.5. The van der Waals surface area contributed by atoms with Crippen LogP contribution in [-0.4, -0.2) is 57.9 Å². The van der Waals surface area contributed by atoms with Crippen LogP contribution in [0, 0.1) is 5.92 Å². The van der Waals surface area contributed by atoms with Crippen LogP contribution in [0.4, 0.5) is 4.79 Å². The van der Waals surface area contributed by atoms with Crippen LogP contribution >= 0.6 is 11.8 Å². The Morgan fingerprint density at radius 2 is 2.10 bits per heavy atom. The van der Waals surface area contributed by atoms with Crippen molar-refractivity contribution in [2.24, 2.45) is 5.92 Å². The Balaban J connectivity index is 1.66. The summed E-state index contributed by atoms with van der Waals surface area (Å²) in [6, 6.07) is -0.831. The van der Waals surface area contributed by atoms with Crippen LogP contribution in [0.15, 0.2) is 0 Å². The van der Waals surface area contributed by atoms with Gasteiger partial charge in [0, 0.05) is 18.4 Å². The summed E-state index contributed by atoms with van der Waals surface area (Å²) in [5.41, 5.74) is 0. The Labute approximate surface area is 128 Å². The highest BCUT2D eigenvalue weighted by atomic mass is 32.2. The van der Waals surface area contributed by atoms with Gasteiger partial charge in [0.15, 0.2) is 0 Å². The standard InChI is InChI=1S/C14H22N2O4S/c1-8-6-10(4-5-20-8)15-14(19)16-11(13(17)18)7-21-12(16)9-2-3-9/h8-12H,2-7H2,1H3,(H,15,19)(H,17,18). The fourth-order valence-electron chi connectivity index (χ4n) is 3.10. The van der Waals surface area contributed by atoms with Crippen molar-refractivity contribution < 1.29 is 19.4 Å². The van der Waals surface area contributed by atoms with E-state index < -0.39 is 12.0 Å². The lowest BCUT2D eigenvalue weighted by atomic mass is 10.0. The number of thioether (sulfide) groups is 1. The van der Waals surface area contributed by atoms with Gasteiger partial charge in [-0.2, -0.15) is 0 Å². The topological polar surface area (TPSA) is 78.9 Å². The van der Waals surface area contributed by atoms with E-state index in [-0.39, 0.29) is 23.6 Å². The zero-order chi connectivity index (χ0) is 15.0. The maximum Gasteiger partial charge on any atom is 0.327 e. The second-order valence-electron chi connectivity index (χ2n) is 6.17. The summed E-state index contributed by atoms with van der Waals surface area (Å²) in [4.78, 5) is 25.5. The van der Waals surface area contributed by atoms with Crippen molar-refractivity contribution >= 4 is 23.8 Å². The van der Waals surface area contributed by atoms with Crippen LogP contribution in [0.1, 0.15) is 32.6 Å². The van der Waals surface area contributed by atoms with Crippen LogP contribution < -0.4 is 5.32 Å². The van der Waals surface area contributed by atoms with Gasteiger partial charge >= 0.3 is 12.0 Å². The summed E-state index contributed by atoms with van der Waals surface area (Å²) in [5.74, 6) is 0.0635. The molecule has 0 aromatic rings. The van der Waals surface area contributed by atoms with Gasteiger partial charge in [0.05, 0.1) is 11.5 Å². The van der Waals surface area contributed by atoms with Crippen molar-refractivity contribution in [3.8, 4) is 0 Å². The number of hydrogen-bond donors (Lipinski definition) is 2. The van der Waals surface area contributed by atoms with Gasteiger partial charge in [0.25, 0.3) is 0 Å². The fourth-order valence-corrected chi connectivity index (χ4v) is 4.73. The lowest BCUT2D eigenvalue weighted by molar-refractivity contribution is -0.141. The van der Waals surface area contributed by atoms with E-state index in [0.717, 1.165) is 25.7 Å². The number of rotatable bonds is 3. The molecule has 0 spiro atoms. The minimum atomic E-state index is -0.902. The molecule has 0 aromatic heterocycles. The third kappa shape index (κ3) is 3.29. The molecule has 3 rings (SSSR count).